The molecule has 7 nitrogen and oxygen atoms in total. The van der Waals surface area contributed by atoms with Gasteiger partial charge in [0.1, 0.15) is 11.5 Å². The molecule has 0 spiro atoms. The smallest absolute Gasteiger partial charge is 0.386 e. The summed E-state index contributed by atoms with van der Waals surface area (Å²) in [5.41, 5.74) is 12.1. The van der Waals surface area contributed by atoms with E-state index in [4.69, 9.17) is 19.2 Å². The third-order valence-electron chi connectivity index (χ3n) is 11.9. The fourth-order valence-corrected chi connectivity index (χ4v) is 8.48. The van der Waals surface area contributed by atoms with Crippen LogP contribution in [0.3, 0.4) is 0 Å². The fourth-order valence-electron chi connectivity index (χ4n) is 8.48. The first-order valence-corrected chi connectivity index (χ1v) is 21.5. The Labute approximate surface area is 370 Å². The number of methoxy groups -OCH3 is 1. The zero-order chi connectivity index (χ0) is 43.8. The van der Waals surface area contributed by atoms with Gasteiger partial charge in [0.25, 0.3) is 0 Å². The predicted molar refractivity (Wildman–Crippen MR) is 251 cm³/mol. The Morgan fingerprint density at radius 2 is 0.968 bits per heavy atom. The Bertz CT molecular complexity index is 2620. The summed E-state index contributed by atoms with van der Waals surface area (Å²) < 4.78 is 10.7. The van der Waals surface area contributed by atoms with Gasteiger partial charge in [-0.05, 0) is 151 Å². The van der Waals surface area contributed by atoms with Crippen molar-refractivity contribution in [2.24, 2.45) is 0 Å². The molecule has 7 aromatic rings. The number of nitrogens with zero attached hydrogens (tertiary/aromatic N) is 1. The average molecular weight is 834 g/mol. The normalized spacial score (nSPS) is 13.4. The first-order chi connectivity index (χ1) is 30.7. The molecular weight excluding hydrogens is 783 g/mol. The van der Waals surface area contributed by atoms with Crippen LogP contribution in [0.1, 0.15) is 88.3 Å². The number of benzene rings is 7. The second-order valence-electron chi connectivity index (χ2n) is 16.2. The molecule has 8 rings (SSSR count). The van der Waals surface area contributed by atoms with Crippen LogP contribution >= 0.6 is 0 Å². The Morgan fingerprint density at radius 1 is 0.524 bits per heavy atom. The number of rotatable bonds is 13. The molecule has 0 heterocycles. The van der Waals surface area contributed by atoms with Gasteiger partial charge in [-0.3, -0.25) is 9.68 Å². The van der Waals surface area contributed by atoms with Crippen molar-refractivity contribution in [1.29, 1.82) is 0 Å². The Balaban J connectivity index is 0.994. The highest BCUT2D eigenvalue weighted by molar-refractivity contribution is 5.94. The number of aryl methyl sites for hydroxylation is 2. The maximum Gasteiger partial charge on any atom is 0.386 e. The summed E-state index contributed by atoms with van der Waals surface area (Å²) in [6.07, 6.45) is 7.61. The van der Waals surface area contributed by atoms with Gasteiger partial charge < -0.3 is 14.4 Å². The van der Waals surface area contributed by atoms with Crippen LogP contribution < -0.4 is 19.3 Å². The minimum Gasteiger partial charge on any atom is -0.497 e. The molecule has 0 N–H and O–H groups in total. The van der Waals surface area contributed by atoms with Crippen LogP contribution in [-0.4, -0.2) is 19.0 Å². The molecule has 0 unspecified atom stereocenters. The topological polar surface area (TPSA) is 74.3 Å². The molecule has 63 heavy (non-hydrogen) atoms. The molecule has 1 fully saturated rings. The second kappa shape index (κ2) is 19.1. The maximum absolute atomic E-state index is 13.3. The van der Waals surface area contributed by atoms with E-state index in [-0.39, 0.29) is 11.4 Å². The lowest BCUT2D eigenvalue weighted by Gasteiger charge is -2.38. The molecule has 7 aromatic carbocycles. The van der Waals surface area contributed by atoms with Crippen molar-refractivity contribution in [2.45, 2.75) is 58.3 Å². The molecule has 0 aromatic heterocycles. The number of carbonyl (C=O) groups is 2. The van der Waals surface area contributed by atoms with Crippen LogP contribution in [0.25, 0.3) is 11.6 Å². The zero-order valence-electron chi connectivity index (χ0n) is 36.2. The van der Waals surface area contributed by atoms with Crippen LogP contribution in [0.2, 0.25) is 0 Å². The molecule has 316 valence electrons. The molecule has 0 aliphatic heterocycles. The number of esters is 1. The standard InChI is InChI=1S/C56H51NO6/c1-39-8-24-48(25-9-39)57(49-26-10-40(2)11-27-49)50-28-12-42(13-29-50)38-54(44-18-30-51(60-4)31-19-44)43-14-16-45(17-15-43)55(59)63-62-53-34-22-47(23-35-53)56(36-6-5-7-37-56)46-20-32-52(33-21-46)61-41(3)58/h8-35,38H,5-7,36-37H2,1-4H3. The molecular formula is C56H51NO6. The summed E-state index contributed by atoms with van der Waals surface area (Å²) in [5, 5.41) is 0. The molecule has 1 aliphatic carbocycles. The van der Waals surface area contributed by atoms with Gasteiger partial charge in [0.2, 0.25) is 0 Å². The third kappa shape index (κ3) is 9.90. The summed E-state index contributed by atoms with van der Waals surface area (Å²) in [6, 6.07) is 56.6. The van der Waals surface area contributed by atoms with Crippen molar-refractivity contribution >= 4 is 40.6 Å². The molecule has 1 saturated carbocycles. The summed E-state index contributed by atoms with van der Waals surface area (Å²) in [4.78, 5) is 38.0. The van der Waals surface area contributed by atoms with Crippen LogP contribution in [0.15, 0.2) is 170 Å². The molecule has 0 atom stereocenters. The largest absolute Gasteiger partial charge is 0.497 e. The van der Waals surface area contributed by atoms with Crippen molar-refractivity contribution in [3.05, 3.63) is 214 Å². The number of anilines is 3. The second-order valence-corrected chi connectivity index (χ2v) is 16.2. The van der Waals surface area contributed by atoms with Gasteiger partial charge in [-0.1, -0.05) is 115 Å². The van der Waals surface area contributed by atoms with Gasteiger partial charge >= 0.3 is 11.9 Å². The van der Waals surface area contributed by atoms with Crippen molar-refractivity contribution in [3.8, 4) is 17.2 Å². The number of carbonyl (C=O) groups excluding carboxylic acids is 2. The van der Waals surface area contributed by atoms with E-state index in [0.29, 0.717) is 17.1 Å². The van der Waals surface area contributed by atoms with E-state index >= 15 is 0 Å². The lowest BCUT2D eigenvalue weighted by atomic mass is 9.65. The van der Waals surface area contributed by atoms with Gasteiger partial charge in [-0.2, -0.15) is 0 Å². The lowest BCUT2D eigenvalue weighted by molar-refractivity contribution is -0.149. The molecule has 0 amide bonds. The van der Waals surface area contributed by atoms with E-state index in [1.54, 1.807) is 19.2 Å². The van der Waals surface area contributed by atoms with E-state index in [0.717, 1.165) is 70.8 Å². The quantitative estimate of drug-likeness (QED) is 0.0376. The van der Waals surface area contributed by atoms with Gasteiger partial charge in [0.05, 0.1) is 12.7 Å². The first kappa shape index (κ1) is 42.3. The van der Waals surface area contributed by atoms with Crippen molar-refractivity contribution < 1.29 is 28.8 Å². The zero-order valence-corrected chi connectivity index (χ0v) is 36.2. The van der Waals surface area contributed by atoms with E-state index in [9.17, 15) is 9.59 Å². The number of hydrogen-bond donors (Lipinski definition) is 0. The highest BCUT2D eigenvalue weighted by atomic mass is 17.2. The number of ether oxygens (including phenoxy) is 2. The molecule has 7 heteroatoms. The Hall–Kier alpha value is -7.38. The summed E-state index contributed by atoms with van der Waals surface area (Å²) >= 11 is 0. The van der Waals surface area contributed by atoms with Crippen LogP contribution in [0.5, 0.6) is 17.2 Å². The molecule has 0 saturated heterocycles. The Kier molecular flexibility index (Phi) is 12.8. The summed E-state index contributed by atoms with van der Waals surface area (Å²) in [5.74, 6) is 0.793. The van der Waals surface area contributed by atoms with Crippen molar-refractivity contribution in [1.82, 2.24) is 0 Å². The van der Waals surface area contributed by atoms with Crippen LogP contribution in [0, 0.1) is 13.8 Å². The lowest BCUT2D eigenvalue weighted by Crippen LogP contribution is -2.30. The molecule has 0 radical (unpaired) electrons. The highest BCUT2D eigenvalue weighted by Gasteiger charge is 2.35. The fraction of sp³-hybridized carbons (Fsp3) is 0.179. The predicted octanol–water partition coefficient (Wildman–Crippen LogP) is 13.7. The third-order valence-corrected chi connectivity index (χ3v) is 11.9. The molecule has 1 aliphatic rings. The minimum absolute atomic E-state index is 0.170. The summed E-state index contributed by atoms with van der Waals surface area (Å²) in [7, 11) is 1.66. The van der Waals surface area contributed by atoms with Gasteiger partial charge in [-0.25, -0.2) is 9.68 Å². The first-order valence-electron chi connectivity index (χ1n) is 21.5. The van der Waals surface area contributed by atoms with Gasteiger partial charge in [0, 0.05) is 29.4 Å². The maximum atomic E-state index is 13.3. The highest BCUT2D eigenvalue weighted by Crippen LogP contribution is 2.46. The van der Waals surface area contributed by atoms with E-state index in [1.807, 2.05) is 72.8 Å². The molecule has 0 bridgehead atoms. The average Bonchev–Trinajstić information content (AvgIpc) is 3.32. The van der Waals surface area contributed by atoms with Crippen LogP contribution in [0.4, 0.5) is 17.1 Å². The monoisotopic (exact) mass is 833 g/mol. The van der Waals surface area contributed by atoms with E-state index < -0.39 is 5.97 Å². The van der Waals surface area contributed by atoms with E-state index in [1.165, 1.54) is 35.6 Å². The van der Waals surface area contributed by atoms with Crippen LogP contribution in [-0.2, 0) is 15.1 Å². The van der Waals surface area contributed by atoms with Gasteiger partial charge in [0.15, 0.2) is 5.75 Å². The van der Waals surface area contributed by atoms with Crippen molar-refractivity contribution in [3.63, 3.8) is 0 Å². The number of hydrogen-bond acceptors (Lipinski definition) is 7. The Morgan fingerprint density at radius 3 is 1.46 bits per heavy atom. The minimum atomic E-state index is -0.598. The summed E-state index contributed by atoms with van der Waals surface area (Å²) in [6.45, 7) is 5.60. The van der Waals surface area contributed by atoms with E-state index in [2.05, 4.69) is 110 Å². The van der Waals surface area contributed by atoms with Gasteiger partial charge in [-0.15, -0.1) is 0 Å². The SMILES string of the molecule is COc1ccc(C(=Cc2ccc(N(c3ccc(C)cc3)c3ccc(C)cc3)cc2)c2ccc(C(=O)OOc3ccc(C4(c5ccc(OC(C)=O)cc5)CCCCC4)cc3)cc2)cc1. The van der Waals surface area contributed by atoms with Crippen molar-refractivity contribution in [2.75, 3.05) is 12.0 Å².